The van der Waals surface area contributed by atoms with Crippen molar-refractivity contribution in [1.29, 1.82) is 0 Å². The second-order valence-corrected chi connectivity index (χ2v) is 8.23. The fraction of sp³-hybridized carbons (Fsp3) is 0.125. The van der Waals surface area contributed by atoms with E-state index in [2.05, 4.69) is 136 Å². The summed E-state index contributed by atoms with van der Waals surface area (Å²) in [6.45, 7) is 8.68. The van der Waals surface area contributed by atoms with Crippen molar-refractivity contribution < 1.29 is 0 Å². The van der Waals surface area contributed by atoms with Gasteiger partial charge in [-0.2, -0.15) is 0 Å². The first kappa shape index (κ1) is 21.4. The molecule has 0 saturated carbocycles. The molecule has 0 aliphatic rings. The van der Waals surface area contributed by atoms with Gasteiger partial charge < -0.3 is 0 Å². The quantitative estimate of drug-likeness (QED) is 0.296. The summed E-state index contributed by atoms with van der Waals surface area (Å²) in [5.41, 5.74) is 19.1. The molecular weight excluding hydrogens is 384 g/mol. The first-order valence-electron chi connectivity index (χ1n) is 11.1. The minimum Gasteiger partial charge on any atom is -0.0622 e. The number of hydrogen-bond acceptors (Lipinski definition) is 0. The second-order valence-electron chi connectivity index (χ2n) is 8.23. The largest absolute Gasteiger partial charge is 0.0622 e. The maximum atomic E-state index is 3.59. The number of rotatable bonds is 4. The van der Waals surface area contributed by atoms with Gasteiger partial charge in [0.25, 0.3) is 0 Å². The third-order valence-electron chi connectivity index (χ3n) is 6.19. The van der Waals surface area contributed by atoms with E-state index in [1.54, 1.807) is 0 Å². The summed E-state index contributed by atoms with van der Waals surface area (Å²) in [6.07, 6.45) is 0. The third-order valence-corrected chi connectivity index (χ3v) is 6.19. The molecule has 0 spiro atoms. The minimum atomic E-state index is 1.06. The van der Waals surface area contributed by atoms with Gasteiger partial charge in [0, 0.05) is 11.1 Å². The summed E-state index contributed by atoms with van der Waals surface area (Å²) >= 11 is 0. The summed E-state index contributed by atoms with van der Waals surface area (Å²) < 4.78 is 0. The molecule has 0 nitrogen and oxygen atoms in total. The van der Waals surface area contributed by atoms with Crippen molar-refractivity contribution in [1.82, 2.24) is 0 Å². The molecule has 0 fully saturated rings. The number of aryl methyl sites for hydroxylation is 2. The molecule has 0 heterocycles. The molecule has 0 amide bonds. The van der Waals surface area contributed by atoms with E-state index in [4.69, 9.17) is 0 Å². The van der Waals surface area contributed by atoms with E-state index in [1.807, 2.05) is 0 Å². The van der Waals surface area contributed by atoms with Crippen LogP contribution in [0.4, 0.5) is 0 Å². The molecule has 0 aliphatic heterocycles. The smallest absolute Gasteiger partial charge is 0.0396 e. The van der Waals surface area contributed by atoms with Crippen molar-refractivity contribution in [3.8, 4) is 0 Å². The predicted molar refractivity (Wildman–Crippen MR) is 137 cm³/mol. The molecule has 4 aromatic rings. The van der Waals surface area contributed by atoms with Crippen molar-refractivity contribution in [2.75, 3.05) is 0 Å². The normalized spacial score (nSPS) is 10.2. The lowest BCUT2D eigenvalue weighted by Crippen LogP contribution is -1.94. The lowest BCUT2D eigenvalue weighted by molar-refractivity contribution is 1.31. The van der Waals surface area contributed by atoms with Gasteiger partial charge in [0.1, 0.15) is 0 Å². The molecule has 0 aliphatic carbocycles. The van der Waals surface area contributed by atoms with Crippen molar-refractivity contribution in [2.24, 2.45) is 0 Å². The van der Waals surface area contributed by atoms with Gasteiger partial charge in [-0.15, -0.1) is 0 Å². The Hall–Kier alpha value is -3.82. The van der Waals surface area contributed by atoms with Gasteiger partial charge in [-0.3, -0.25) is 0 Å². The van der Waals surface area contributed by atoms with Crippen LogP contribution in [0.25, 0.3) is 11.1 Å². The maximum absolute atomic E-state index is 3.59. The predicted octanol–water partition coefficient (Wildman–Crippen LogP) is 8.24. The highest BCUT2D eigenvalue weighted by Gasteiger charge is 2.11. The van der Waals surface area contributed by atoms with E-state index in [-0.39, 0.29) is 0 Å². The summed E-state index contributed by atoms with van der Waals surface area (Å²) in [7, 11) is 0. The molecule has 4 rings (SSSR count). The van der Waals surface area contributed by atoms with E-state index in [1.165, 1.54) is 33.4 Å². The molecule has 0 bridgehead atoms. The zero-order valence-corrected chi connectivity index (χ0v) is 19.2. The van der Waals surface area contributed by atoms with Crippen molar-refractivity contribution in [3.05, 3.63) is 153 Å². The Morgan fingerprint density at radius 3 is 1.19 bits per heavy atom. The molecule has 0 radical (unpaired) electrons. The minimum absolute atomic E-state index is 1.06. The van der Waals surface area contributed by atoms with E-state index in [9.17, 15) is 0 Å². The highest BCUT2D eigenvalue weighted by molar-refractivity contribution is 5.85. The Balaban J connectivity index is 2.10. The van der Waals surface area contributed by atoms with Crippen LogP contribution >= 0.6 is 0 Å². The molecular formula is C32H28. The van der Waals surface area contributed by atoms with Crippen LogP contribution in [0.15, 0.2) is 109 Å². The highest BCUT2D eigenvalue weighted by atomic mass is 14.1. The van der Waals surface area contributed by atoms with E-state index >= 15 is 0 Å². The zero-order chi connectivity index (χ0) is 22.5. The molecule has 0 aromatic heterocycles. The van der Waals surface area contributed by atoms with E-state index in [0.717, 1.165) is 22.3 Å². The molecule has 32 heavy (non-hydrogen) atoms. The SMILES string of the molecule is Cc1cccc(C(=C=C=C(c2ccccc2)c2cccc(C)c2C)c2ccccc2)c1C. The Morgan fingerprint density at radius 2 is 0.812 bits per heavy atom. The van der Waals surface area contributed by atoms with Crippen LogP contribution in [0, 0.1) is 27.7 Å². The lowest BCUT2D eigenvalue weighted by Gasteiger charge is -2.12. The van der Waals surface area contributed by atoms with Gasteiger partial charge in [-0.25, -0.2) is 0 Å². The molecule has 0 atom stereocenters. The number of hydrogen-bond donors (Lipinski definition) is 0. The molecule has 156 valence electrons. The van der Waals surface area contributed by atoms with Crippen molar-refractivity contribution in [2.45, 2.75) is 27.7 Å². The maximum Gasteiger partial charge on any atom is 0.0396 e. The highest BCUT2D eigenvalue weighted by Crippen LogP contribution is 2.29. The molecule has 0 N–H and O–H groups in total. The molecule has 4 aromatic carbocycles. The summed E-state index contributed by atoms with van der Waals surface area (Å²) in [4.78, 5) is 0. The Labute approximate surface area is 191 Å². The zero-order valence-electron chi connectivity index (χ0n) is 19.2. The summed E-state index contributed by atoms with van der Waals surface area (Å²) in [5, 5.41) is 0. The molecule has 0 saturated heterocycles. The fourth-order valence-electron chi connectivity index (χ4n) is 3.97. The standard InChI is InChI=1S/C32H28/c1-23-13-11-19-29(25(23)3)31(27-15-7-5-8-16-27)21-22-32(28-17-9-6-10-18-28)30-20-12-14-24(2)26(30)4/h5-20H,1-4H3. The van der Waals surface area contributed by atoms with Gasteiger partial charge in [0.05, 0.1) is 0 Å². The van der Waals surface area contributed by atoms with Gasteiger partial charge >= 0.3 is 0 Å². The number of benzene rings is 4. The summed E-state index contributed by atoms with van der Waals surface area (Å²) in [5.74, 6) is 0. The van der Waals surface area contributed by atoms with Gasteiger partial charge in [0.2, 0.25) is 0 Å². The first-order chi connectivity index (χ1) is 15.6. The van der Waals surface area contributed by atoms with Gasteiger partial charge in [0.15, 0.2) is 0 Å². The van der Waals surface area contributed by atoms with Crippen LogP contribution in [0.3, 0.4) is 0 Å². The third kappa shape index (κ3) is 4.43. The average Bonchev–Trinajstić information content (AvgIpc) is 2.82. The molecule has 0 heteroatoms. The van der Waals surface area contributed by atoms with Gasteiger partial charge in [-0.05, 0) is 72.2 Å². The van der Waals surface area contributed by atoms with Gasteiger partial charge in [-0.1, -0.05) is 109 Å². The fourth-order valence-corrected chi connectivity index (χ4v) is 3.97. The Bertz CT molecular complexity index is 1240. The van der Waals surface area contributed by atoms with Crippen LogP contribution in [-0.4, -0.2) is 0 Å². The Kier molecular flexibility index (Phi) is 6.39. The Morgan fingerprint density at radius 1 is 0.438 bits per heavy atom. The monoisotopic (exact) mass is 412 g/mol. The lowest BCUT2D eigenvalue weighted by atomic mass is 9.91. The molecule has 0 unspecified atom stereocenters. The van der Waals surface area contributed by atoms with Crippen LogP contribution in [0.1, 0.15) is 44.5 Å². The second kappa shape index (κ2) is 9.54. The topological polar surface area (TPSA) is 0 Å². The van der Waals surface area contributed by atoms with Crippen LogP contribution in [-0.2, 0) is 0 Å². The average molecular weight is 413 g/mol. The van der Waals surface area contributed by atoms with E-state index in [0.29, 0.717) is 0 Å². The van der Waals surface area contributed by atoms with Crippen LogP contribution < -0.4 is 0 Å². The van der Waals surface area contributed by atoms with Crippen LogP contribution in [0.5, 0.6) is 0 Å². The van der Waals surface area contributed by atoms with Crippen molar-refractivity contribution >= 4 is 11.1 Å². The summed E-state index contributed by atoms with van der Waals surface area (Å²) in [6, 6.07) is 33.9. The van der Waals surface area contributed by atoms with Crippen molar-refractivity contribution in [3.63, 3.8) is 0 Å². The van der Waals surface area contributed by atoms with E-state index < -0.39 is 0 Å². The first-order valence-corrected chi connectivity index (χ1v) is 11.1. The van der Waals surface area contributed by atoms with Crippen LogP contribution in [0.2, 0.25) is 0 Å².